The van der Waals surface area contributed by atoms with Crippen molar-refractivity contribution in [3.63, 3.8) is 0 Å². The molecule has 0 aliphatic rings. The number of hydrogen-bond acceptors (Lipinski definition) is 1. The van der Waals surface area contributed by atoms with Crippen LogP contribution in [0.3, 0.4) is 0 Å². The second-order valence-corrected chi connectivity index (χ2v) is 4.29. The monoisotopic (exact) mass is 229 g/mol. The summed E-state index contributed by atoms with van der Waals surface area (Å²) >= 11 is 0. The lowest BCUT2D eigenvalue weighted by Gasteiger charge is -2.05. The molecule has 0 fully saturated rings. The normalized spacial score (nSPS) is 10.6. The van der Waals surface area contributed by atoms with Gasteiger partial charge in [-0.2, -0.15) is 0 Å². The molecule has 1 aromatic carbocycles. The van der Waals surface area contributed by atoms with Gasteiger partial charge in [0.25, 0.3) is 0 Å². The summed E-state index contributed by atoms with van der Waals surface area (Å²) in [6, 6.07) is 7.19. The molecular weight excluding hydrogens is 214 g/mol. The van der Waals surface area contributed by atoms with Crippen LogP contribution in [0.25, 0.3) is 10.9 Å². The molecule has 1 heterocycles. The molecule has 1 N–H and O–H groups in total. The lowest BCUT2D eigenvalue weighted by Crippen LogP contribution is -1.99. The summed E-state index contributed by atoms with van der Waals surface area (Å²) in [6.45, 7) is 6.70. The standard InChI is InChI=1S/C14H15NO2/c1-10(2)5-7-15-8-6-11-3-4-12(14(16)17)9-13(11)15/h3-4,6,8-9H,1,5,7H2,2H3,(H,16,17). The Morgan fingerprint density at radius 1 is 1.41 bits per heavy atom. The maximum absolute atomic E-state index is 10.9. The molecule has 3 heteroatoms. The van der Waals surface area contributed by atoms with Crippen LogP contribution in [0.1, 0.15) is 23.7 Å². The van der Waals surface area contributed by atoms with Crippen LogP contribution in [-0.2, 0) is 6.54 Å². The summed E-state index contributed by atoms with van der Waals surface area (Å²) in [5.41, 5.74) is 2.42. The predicted molar refractivity (Wildman–Crippen MR) is 68.3 cm³/mol. The number of carbonyl (C=O) groups is 1. The molecule has 17 heavy (non-hydrogen) atoms. The Hall–Kier alpha value is -2.03. The molecule has 2 rings (SSSR count). The minimum Gasteiger partial charge on any atom is -0.478 e. The van der Waals surface area contributed by atoms with E-state index in [1.165, 1.54) is 0 Å². The molecule has 0 bridgehead atoms. The van der Waals surface area contributed by atoms with E-state index in [1.54, 1.807) is 12.1 Å². The van der Waals surface area contributed by atoms with Crippen LogP contribution in [0, 0.1) is 0 Å². The number of carboxylic acid groups (broad SMARTS) is 1. The molecular formula is C14H15NO2. The number of carboxylic acids is 1. The van der Waals surface area contributed by atoms with Crippen molar-refractivity contribution in [2.24, 2.45) is 0 Å². The van der Waals surface area contributed by atoms with Gasteiger partial charge in [0.1, 0.15) is 0 Å². The highest BCUT2D eigenvalue weighted by Gasteiger charge is 2.06. The Labute approximate surface area is 100.0 Å². The van der Waals surface area contributed by atoms with E-state index in [2.05, 4.69) is 11.1 Å². The smallest absolute Gasteiger partial charge is 0.335 e. The molecule has 0 saturated heterocycles. The number of fused-ring (bicyclic) bond motifs is 1. The Bertz CT molecular complexity index is 581. The van der Waals surface area contributed by atoms with Crippen LogP contribution in [-0.4, -0.2) is 15.6 Å². The van der Waals surface area contributed by atoms with E-state index >= 15 is 0 Å². The Morgan fingerprint density at radius 2 is 2.18 bits per heavy atom. The fourth-order valence-corrected chi connectivity index (χ4v) is 1.82. The zero-order valence-corrected chi connectivity index (χ0v) is 9.81. The molecule has 0 unspecified atom stereocenters. The highest BCUT2D eigenvalue weighted by Crippen LogP contribution is 2.18. The summed E-state index contributed by atoms with van der Waals surface area (Å²) in [5, 5.41) is 10.0. The number of aromatic nitrogens is 1. The number of allylic oxidation sites excluding steroid dienone is 1. The summed E-state index contributed by atoms with van der Waals surface area (Å²) in [4.78, 5) is 10.9. The number of benzene rings is 1. The van der Waals surface area contributed by atoms with E-state index in [4.69, 9.17) is 5.11 Å². The molecule has 3 nitrogen and oxygen atoms in total. The lowest BCUT2D eigenvalue weighted by atomic mass is 10.1. The van der Waals surface area contributed by atoms with E-state index in [-0.39, 0.29) is 0 Å². The topological polar surface area (TPSA) is 42.2 Å². The van der Waals surface area contributed by atoms with Crippen molar-refractivity contribution in [3.8, 4) is 0 Å². The van der Waals surface area contributed by atoms with Crippen molar-refractivity contribution < 1.29 is 9.90 Å². The Balaban J connectivity index is 2.39. The van der Waals surface area contributed by atoms with Gasteiger partial charge in [0, 0.05) is 18.3 Å². The second-order valence-electron chi connectivity index (χ2n) is 4.29. The summed E-state index contributed by atoms with van der Waals surface area (Å²) in [7, 11) is 0. The summed E-state index contributed by atoms with van der Waals surface area (Å²) in [6.07, 6.45) is 2.89. The highest BCUT2D eigenvalue weighted by atomic mass is 16.4. The van der Waals surface area contributed by atoms with Gasteiger partial charge >= 0.3 is 5.97 Å². The first-order valence-corrected chi connectivity index (χ1v) is 5.54. The second kappa shape index (κ2) is 4.45. The third-order valence-corrected chi connectivity index (χ3v) is 2.80. The first-order chi connectivity index (χ1) is 8.08. The van der Waals surface area contributed by atoms with Crippen molar-refractivity contribution in [1.82, 2.24) is 4.57 Å². The van der Waals surface area contributed by atoms with E-state index in [1.807, 2.05) is 25.3 Å². The molecule has 0 saturated carbocycles. The average molecular weight is 229 g/mol. The maximum Gasteiger partial charge on any atom is 0.335 e. The molecule has 0 radical (unpaired) electrons. The lowest BCUT2D eigenvalue weighted by molar-refractivity contribution is 0.0697. The van der Waals surface area contributed by atoms with Crippen molar-refractivity contribution in [2.45, 2.75) is 19.9 Å². The molecule has 0 amide bonds. The van der Waals surface area contributed by atoms with Crippen LogP contribution in [0.5, 0.6) is 0 Å². The Morgan fingerprint density at radius 3 is 2.82 bits per heavy atom. The van der Waals surface area contributed by atoms with Gasteiger partial charge < -0.3 is 9.67 Å². The van der Waals surface area contributed by atoms with Gasteiger partial charge in [-0.25, -0.2) is 4.79 Å². The first kappa shape index (κ1) is 11.5. The van der Waals surface area contributed by atoms with E-state index in [0.29, 0.717) is 5.56 Å². The maximum atomic E-state index is 10.9. The van der Waals surface area contributed by atoms with Crippen molar-refractivity contribution in [1.29, 1.82) is 0 Å². The third-order valence-electron chi connectivity index (χ3n) is 2.80. The molecule has 0 spiro atoms. The quantitative estimate of drug-likeness (QED) is 0.817. The van der Waals surface area contributed by atoms with Crippen LogP contribution >= 0.6 is 0 Å². The minimum atomic E-state index is -0.889. The van der Waals surface area contributed by atoms with Crippen molar-refractivity contribution in [3.05, 3.63) is 48.2 Å². The largest absolute Gasteiger partial charge is 0.478 e. The molecule has 88 valence electrons. The van der Waals surface area contributed by atoms with Gasteiger partial charge in [-0.05, 0) is 36.9 Å². The number of hydrogen-bond donors (Lipinski definition) is 1. The fraction of sp³-hybridized carbons (Fsp3) is 0.214. The van der Waals surface area contributed by atoms with Gasteiger partial charge in [-0.1, -0.05) is 11.6 Å². The molecule has 0 atom stereocenters. The predicted octanol–water partition coefficient (Wildman–Crippen LogP) is 3.31. The van der Waals surface area contributed by atoms with E-state index in [9.17, 15) is 4.79 Å². The van der Waals surface area contributed by atoms with Crippen LogP contribution < -0.4 is 0 Å². The molecule has 1 aromatic heterocycles. The fourth-order valence-electron chi connectivity index (χ4n) is 1.82. The van der Waals surface area contributed by atoms with Gasteiger partial charge in [0.15, 0.2) is 0 Å². The number of aromatic carboxylic acids is 1. The number of rotatable bonds is 4. The number of aryl methyl sites for hydroxylation is 1. The zero-order chi connectivity index (χ0) is 12.4. The summed E-state index contributed by atoms with van der Waals surface area (Å²) in [5.74, 6) is -0.889. The molecule has 0 aliphatic heterocycles. The van der Waals surface area contributed by atoms with Crippen LogP contribution in [0.4, 0.5) is 0 Å². The first-order valence-electron chi connectivity index (χ1n) is 5.54. The Kier molecular flexibility index (Phi) is 3.00. The van der Waals surface area contributed by atoms with E-state index < -0.39 is 5.97 Å². The molecule has 0 aliphatic carbocycles. The average Bonchev–Trinajstić information content (AvgIpc) is 2.68. The minimum absolute atomic E-state index is 0.327. The zero-order valence-electron chi connectivity index (χ0n) is 9.81. The van der Waals surface area contributed by atoms with Crippen LogP contribution in [0.15, 0.2) is 42.6 Å². The SMILES string of the molecule is C=C(C)CCn1ccc2ccc(C(=O)O)cc21. The number of nitrogens with zero attached hydrogens (tertiary/aromatic N) is 1. The van der Waals surface area contributed by atoms with Gasteiger partial charge in [0.2, 0.25) is 0 Å². The van der Waals surface area contributed by atoms with Crippen molar-refractivity contribution in [2.75, 3.05) is 0 Å². The van der Waals surface area contributed by atoms with E-state index in [0.717, 1.165) is 29.4 Å². The molecule has 2 aromatic rings. The van der Waals surface area contributed by atoms with Gasteiger partial charge in [0.05, 0.1) is 5.56 Å². The summed E-state index contributed by atoms with van der Waals surface area (Å²) < 4.78 is 2.07. The van der Waals surface area contributed by atoms with Gasteiger partial charge in [-0.15, -0.1) is 6.58 Å². The highest BCUT2D eigenvalue weighted by molar-refractivity contribution is 5.93. The third kappa shape index (κ3) is 2.38. The van der Waals surface area contributed by atoms with Crippen LogP contribution in [0.2, 0.25) is 0 Å². The van der Waals surface area contributed by atoms with Gasteiger partial charge in [-0.3, -0.25) is 0 Å². The van der Waals surface area contributed by atoms with Crippen molar-refractivity contribution >= 4 is 16.9 Å².